The van der Waals surface area contributed by atoms with Gasteiger partial charge in [0.25, 0.3) is 0 Å². The molecule has 0 saturated heterocycles. The molecule has 0 heterocycles. The van der Waals surface area contributed by atoms with Crippen LogP contribution in [-0.4, -0.2) is 24.6 Å². The summed E-state index contributed by atoms with van der Waals surface area (Å²) in [7, 11) is 1.26. The van der Waals surface area contributed by atoms with Crippen LogP contribution in [0.3, 0.4) is 0 Å². The largest absolute Gasteiger partial charge is 0.487 e. The van der Waals surface area contributed by atoms with Crippen molar-refractivity contribution in [3.63, 3.8) is 0 Å². The van der Waals surface area contributed by atoms with E-state index >= 15 is 0 Å². The Balaban J connectivity index is 2.58. The molecule has 1 rings (SSSR count). The number of carbonyl (C=O) groups is 1. The lowest BCUT2D eigenvalue weighted by atomic mass is 10.3. The summed E-state index contributed by atoms with van der Waals surface area (Å²) in [4.78, 5) is 20.8. The summed E-state index contributed by atoms with van der Waals surface area (Å²) in [6, 6.07) is 2.96. The summed E-state index contributed by atoms with van der Waals surface area (Å²) in [6.45, 7) is 0.0688. The Bertz CT molecular complexity index is 449. The van der Waals surface area contributed by atoms with Gasteiger partial charge in [0.2, 0.25) is 0 Å². The van der Waals surface area contributed by atoms with E-state index in [9.17, 15) is 19.3 Å². The number of hydrogen-bond acceptors (Lipinski definition) is 5. The molecular weight excluding hydrogens is 245 g/mol. The first-order valence-corrected chi connectivity index (χ1v) is 5.18. The topological polar surface area (TPSA) is 78.7 Å². The Kier molecular flexibility index (Phi) is 5.04. The summed E-state index contributed by atoms with van der Waals surface area (Å²) in [6.07, 6.45) is 0.472. The Morgan fingerprint density at radius 1 is 1.50 bits per heavy atom. The van der Waals surface area contributed by atoms with E-state index in [1.807, 2.05) is 0 Å². The number of esters is 1. The minimum atomic E-state index is -0.658. The summed E-state index contributed by atoms with van der Waals surface area (Å²) in [5.41, 5.74) is -0.311. The molecule has 1 aromatic rings. The van der Waals surface area contributed by atoms with Gasteiger partial charge in [0, 0.05) is 18.6 Å². The molecule has 0 aromatic heterocycles. The van der Waals surface area contributed by atoms with Crippen molar-refractivity contribution < 1.29 is 23.6 Å². The Morgan fingerprint density at radius 3 is 2.83 bits per heavy atom. The van der Waals surface area contributed by atoms with E-state index in [2.05, 4.69) is 4.74 Å². The molecule has 0 aliphatic rings. The number of methoxy groups -OCH3 is 1. The fraction of sp³-hybridized carbons (Fsp3) is 0.364. The van der Waals surface area contributed by atoms with Gasteiger partial charge in [-0.1, -0.05) is 0 Å². The van der Waals surface area contributed by atoms with E-state index in [1.54, 1.807) is 0 Å². The summed E-state index contributed by atoms with van der Waals surface area (Å²) in [5, 5.41) is 10.6. The van der Waals surface area contributed by atoms with Crippen LogP contribution in [0, 0.1) is 15.9 Å². The van der Waals surface area contributed by atoms with E-state index < -0.39 is 16.7 Å². The zero-order valence-electron chi connectivity index (χ0n) is 9.72. The normalized spacial score (nSPS) is 9.89. The molecular formula is C11H12FNO5. The molecule has 1 aromatic carbocycles. The van der Waals surface area contributed by atoms with Gasteiger partial charge in [-0.2, -0.15) is 0 Å². The van der Waals surface area contributed by atoms with Gasteiger partial charge in [0.05, 0.1) is 18.6 Å². The maximum Gasteiger partial charge on any atom is 0.311 e. The zero-order valence-corrected chi connectivity index (χ0v) is 9.72. The third-order valence-corrected chi connectivity index (χ3v) is 2.13. The lowest BCUT2D eigenvalue weighted by Crippen LogP contribution is -2.05. The number of carbonyl (C=O) groups excluding carboxylic acids is 1. The monoisotopic (exact) mass is 257 g/mol. The molecule has 0 radical (unpaired) electrons. The summed E-state index contributed by atoms with van der Waals surface area (Å²) >= 11 is 0. The van der Waals surface area contributed by atoms with Crippen LogP contribution in [-0.2, 0) is 9.53 Å². The molecule has 0 amide bonds. The van der Waals surface area contributed by atoms with Gasteiger partial charge in [-0.25, -0.2) is 4.39 Å². The maximum absolute atomic E-state index is 12.9. The molecule has 0 bridgehead atoms. The highest BCUT2D eigenvalue weighted by atomic mass is 19.1. The number of nitrogens with zero attached hydrogens (tertiary/aromatic N) is 1. The van der Waals surface area contributed by atoms with Crippen molar-refractivity contribution in [1.82, 2.24) is 0 Å². The first-order chi connectivity index (χ1) is 8.54. The smallest absolute Gasteiger partial charge is 0.311 e. The van der Waals surface area contributed by atoms with E-state index in [0.717, 1.165) is 18.2 Å². The molecule has 0 fully saturated rings. The van der Waals surface area contributed by atoms with Crippen molar-refractivity contribution in [3.8, 4) is 5.75 Å². The van der Waals surface area contributed by atoms with Gasteiger partial charge >= 0.3 is 11.7 Å². The fourth-order valence-electron chi connectivity index (χ4n) is 1.26. The van der Waals surface area contributed by atoms with Crippen LogP contribution in [0.5, 0.6) is 5.75 Å². The standard InChI is InChI=1S/C11H12FNO5/c1-17-11(14)3-2-6-18-10-7-8(12)4-5-9(10)13(15)16/h4-5,7H,2-3,6H2,1H3. The Morgan fingerprint density at radius 2 is 2.22 bits per heavy atom. The minimum absolute atomic E-state index is 0.0688. The van der Waals surface area contributed by atoms with E-state index in [4.69, 9.17) is 4.74 Å². The van der Waals surface area contributed by atoms with Gasteiger partial charge < -0.3 is 9.47 Å². The van der Waals surface area contributed by atoms with E-state index in [-0.39, 0.29) is 24.5 Å². The molecule has 6 nitrogen and oxygen atoms in total. The Hall–Kier alpha value is -2.18. The second kappa shape index (κ2) is 6.53. The van der Waals surface area contributed by atoms with Crippen LogP contribution in [0.15, 0.2) is 18.2 Å². The number of hydrogen-bond donors (Lipinski definition) is 0. The zero-order chi connectivity index (χ0) is 13.5. The molecule has 98 valence electrons. The highest BCUT2D eigenvalue weighted by Crippen LogP contribution is 2.27. The summed E-state index contributed by atoms with van der Waals surface area (Å²) < 4.78 is 22.4. The number of ether oxygens (including phenoxy) is 2. The highest BCUT2D eigenvalue weighted by molar-refractivity contribution is 5.69. The van der Waals surface area contributed by atoms with Crippen molar-refractivity contribution in [1.29, 1.82) is 0 Å². The van der Waals surface area contributed by atoms with E-state index in [0.29, 0.717) is 6.42 Å². The predicted molar refractivity (Wildman–Crippen MR) is 59.8 cm³/mol. The molecule has 0 unspecified atom stereocenters. The molecule has 0 N–H and O–H groups in total. The van der Waals surface area contributed by atoms with Gasteiger partial charge in [-0.3, -0.25) is 14.9 Å². The van der Waals surface area contributed by atoms with Crippen LogP contribution in [0.4, 0.5) is 10.1 Å². The molecule has 0 aliphatic carbocycles. The van der Waals surface area contributed by atoms with Crippen molar-refractivity contribution >= 4 is 11.7 Å². The number of benzene rings is 1. The molecule has 0 aliphatic heterocycles. The average molecular weight is 257 g/mol. The van der Waals surface area contributed by atoms with Crippen molar-refractivity contribution in [2.75, 3.05) is 13.7 Å². The van der Waals surface area contributed by atoms with Crippen LogP contribution in [0.2, 0.25) is 0 Å². The highest BCUT2D eigenvalue weighted by Gasteiger charge is 2.15. The number of nitro benzene ring substituents is 1. The number of rotatable bonds is 6. The second-order valence-corrected chi connectivity index (χ2v) is 3.40. The third kappa shape index (κ3) is 4.00. The second-order valence-electron chi connectivity index (χ2n) is 3.40. The lowest BCUT2D eigenvalue weighted by molar-refractivity contribution is -0.385. The molecule has 0 atom stereocenters. The van der Waals surface area contributed by atoms with Gasteiger partial charge in [0.1, 0.15) is 5.82 Å². The average Bonchev–Trinajstić information content (AvgIpc) is 2.34. The number of nitro groups is 1. The number of halogens is 1. The third-order valence-electron chi connectivity index (χ3n) is 2.13. The first-order valence-electron chi connectivity index (χ1n) is 5.18. The quantitative estimate of drug-likeness (QED) is 0.337. The van der Waals surface area contributed by atoms with Crippen LogP contribution < -0.4 is 4.74 Å². The van der Waals surface area contributed by atoms with Crippen LogP contribution in [0.25, 0.3) is 0 Å². The van der Waals surface area contributed by atoms with Crippen LogP contribution >= 0.6 is 0 Å². The van der Waals surface area contributed by atoms with Crippen molar-refractivity contribution in [3.05, 3.63) is 34.1 Å². The fourth-order valence-corrected chi connectivity index (χ4v) is 1.26. The maximum atomic E-state index is 12.9. The molecule has 0 spiro atoms. The van der Waals surface area contributed by atoms with Crippen molar-refractivity contribution in [2.24, 2.45) is 0 Å². The van der Waals surface area contributed by atoms with Gasteiger partial charge in [-0.15, -0.1) is 0 Å². The van der Waals surface area contributed by atoms with Crippen LogP contribution in [0.1, 0.15) is 12.8 Å². The minimum Gasteiger partial charge on any atom is -0.487 e. The predicted octanol–water partition coefficient (Wildman–Crippen LogP) is 2.07. The SMILES string of the molecule is COC(=O)CCCOc1cc(F)ccc1[N+](=O)[O-]. The lowest BCUT2D eigenvalue weighted by Gasteiger charge is -2.06. The van der Waals surface area contributed by atoms with Gasteiger partial charge in [0.15, 0.2) is 5.75 Å². The first kappa shape index (κ1) is 13.9. The molecule has 18 heavy (non-hydrogen) atoms. The van der Waals surface area contributed by atoms with Crippen molar-refractivity contribution in [2.45, 2.75) is 12.8 Å². The molecule has 7 heteroatoms. The summed E-state index contributed by atoms with van der Waals surface area (Å²) in [5.74, 6) is -1.17. The Labute approximate surface area is 102 Å². The van der Waals surface area contributed by atoms with Gasteiger partial charge in [-0.05, 0) is 12.5 Å². The van der Waals surface area contributed by atoms with E-state index in [1.165, 1.54) is 7.11 Å². The molecule has 0 saturated carbocycles.